The van der Waals surface area contributed by atoms with Crippen molar-refractivity contribution < 1.29 is 14.3 Å². The molecule has 1 aliphatic carbocycles. The molecule has 1 amide bonds. The molecule has 4 nitrogen and oxygen atoms in total. The maximum absolute atomic E-state index is 14.3. The van der Waals surface area contributed by atoms with Crippen LogP contribution in [0.1, 0.15) is 50.8 Å². The lowest BCUT2D eigenvalue weighted by Gasteiger charge is -2.51. The third kappa shape index (κ3) is 2.75. The van der Waals surface area contributed by atoms with Crippen LogP contribution in [-0.2, 0) is 14.3 Å². The van der Waals surface area contributed by atoms with Crippen LogP contribution in [0, 0.1) is 16.2 Å². The second kappa shape index (κ2) is 7.19. The maximum Gasteiger partial charge on any atom is 0.322 e. The number of allylic oxidation sites excluding steroid dienone is 2. The number of cyclic esters (lactones) is 1. The van der Waals surface area contributed by atoms with Crippen LogP contribution in [0.4, 0.5) is 0 Å². The number of esters is 1. The van der Waals surface area contributed by atoms with E-state index in [0.717, 1.165) is 23.1 Å². The number of amides is 1. The fourth-order valence-corrected chi connectivity index (χ4v) is 5.73. The largest absolute Gasteiger partial charge is 0.464 e. The lowest BCUT2D eigenvalue weighted by Crippen LogP contribution is -2.60. The molecule has 2 heterocycles. The smallest absolute Gasteiger partial charge is 0.322 e. The van der Waals surface area contributed by atoms with Crippen LogP contribution in [0.3, 0.4) is 0 Å². The van der Waals surface area contributed by atoms with Gasteiger partial charge in [0, 0.05) is 11.6 Å². The first kappa shape index (κ1) is 20.7. The van der Waals surface area contributed by atoms with Crippen molar-refractivity contribution in [3.8, 4) is 0 Å². The van der Waals surface area contributed by atoms with Gasteiger partial charge in [0.15, 0.2) is 5.41 Å². The van der Waals surface area contributed by atoms with E-state index in [0.29, 0.717) is 13.0 Å². The number of fused-ring (bicyclic) bond motifs is 2. The van der Waals surface area contributed by atoms with Crippen molar-refractivity contribution in [3.63, 3.8) is 0 Å². The minimum absolute atomic E-state index is 0.163. The zero-order valence-electron chi connectivity index (χ0n) is 18.9. The molecule has 0 radical (unpaired) electrons. The highest BCUT2D eigenvalue weighted by Gasteiger charge is 2.72. The Morgan fingerprint density at radius 3 is 2.31 bits per heavy atom. The van der Waals surface area contributed by atoms with Crippen LogP contribution in [0.2, 0.25) is 0 Å². The van der Waals surface area contributed by atoms with E-state index in [4.69, 9.17) is 4.74 Å². The summed E-state index contributed by atoms with van der Waals surface area (Å²) < 4.78 is 5.62. The highest BCUT2D eigenvalue weighted by molar-refractivity contribution is 6.05. The highest BCUT2D eigenvalue weighted by Crippen LogP contribution is 2.66. The third-order valence-corrected chi connectivity index (χ3v) is 8.40. The minimum atomic E-state index is -1.17. The first-order chi connectivity index (χ1) is 15.3. The Kier molecular flexibility index (Phi) is 4.66. The zero-order chi connectivity index (χ0) is 22.6. The van der Waals surface area contributed by atoms with Crippen LogP contribution in [-0.4, -0.2) is 23.4 Å². The molecule has 0 aromatic heterocycles. The van der Waals surface area contributed by atoms with E-state index in [1.807, 2.05) is 60.8 Å². The molecule has 2 aromatic carbocycles. The molecule has 0 unspecified atom stereocenters. The van der Waals surface area contributed by atoms with Crippen molar-refractivity contribution in [2.24, 2.45) is 16.2 Å². The summed E-state index contributed by atoms with van der Waals surface area (Å²) in [7, 11) is 0. The number of carbonyl (C=O) groups excluding carboxylic acids is 2. The monoisotopic (exact) mass is 427 g/mol. The minimum Gasteiger partial charge on any atom is -0.464 e. The number of rotatable bonds is 3. The van der Waals surface area contributed by atoms with Crippen LogP contribution in [0.15, 0.2) is 79.0 Å². The summed E-state index contributed by atoms with van der Waals surface area (Å²) in [5, 5.41) is 0. The fraction of sp³-hybridized carbons (Fsp3) is 0.357. The standard InChI is InChI=1S/C28H29NO3/c1-26(2)27(3)15-16-28(26,25(31)32-19-27)24(30)29-17-14-22(20-10-6-4-7-11-20)18-23(29)21-12-8-5-9-13-21/h4-14,17-18,23H,15-16,19H2,1-3H3/t23-,27-,28-/m0/s1. The molecule has 1 saturated heterocycles. The molecule has 5 rings (SSSR count). The van der Waals surface area contributed by atoms with E-state index in [2.05, 4.69) is 39.0 Å². The van der Waals surface area contributed by atoms with Gasteiger partial charge in [0.05, 0.1) is 12.6 Å². The normalized spacial score (nSPS) is 30.6. The summed E-state index contributed by atoms with van der Waals surface area (Å²) >= 11 is 0. The van der Waals surface area contributed by atoms with Gasteiger partial charge in [-0.25, -0.2) is 0 Å². The van der Waals surface area contributed by atoms with Gasteiger partial charge in [-0.1, -0.05) is 81.4 Å². The van der Waals surface area contributed by atoms with E-state index in [9.17, 15) is 9.59 Å². The predicted octanol–water partition coefficient (Wildman–Crippen LogP) is 5.54. The second-order valence-electron chi connectivity index (χ2n) is 10.0. The summed E-state index contributed by atoms with van der Waals surface area (Å²) in [6.07, 6.45) is 7.27. The first-order valence-electron chi connectivity index (χ1n) is 11.3. The van der Waals surface area contributed by atoms with E-state index < -0.39 is 10.8 Å². The van der Waals surface area contributed by atoms with E-state index in [1.165, 1.54) is 0 Å². The molecule has 2 aromatic rings. The number of carbonyl (C=O) groups is 2. The van der Waals surface area contributed by atoms with Gasteiger partial charge in [-0.15, -0.1) is 0 Å². The Balaban J connectivity index is 1.60. The fourth-order valence-electron chi connectivity index (χ4n) is 5.73. The van der Waals surface area contributed by atoms with Crippen molar-refractivity contribution in [1.29, 1.82) is 0 Å². The summed E-state index contributed by atoms with van der Waals surface area (Å²) in [6, 6.07) is 19.9. The Morgan fingerprint density at radius 1 is 0.969 bits per heavy atom. The summed E-state index contributed by atoms with van der Waals surface area (Å²) in [5.74, 6) is -0.537. The Hall–Kier alpha value is -3.14. The molecule has 2 bridgehead atoms. The number of benzene rings is 2. The number of hydrogen-bond donors (Lipinski definition) is 0. The molecular weight excluding hydrogens is 398 g/mol. The Bertz CT molecular complexity index is 1120. The van der Waals surface area contributed by atoms with Crippen LogP contribution in [0.5, 0.6) is 0 Å². The lowest BCUT2D eigenvalue weighted by atomic mass is 9.57. The number of hydrogen-bond acceptors (Lipinski definition) is 3. The molecule has 3 aliphatic rings. The van der Waals surface area contributed by atoms with Crippen LogP contribution >= 0.6 is 0 Å². The SMILES string of the molecule is CC1(C)[C@@]2(C)CC[C@]1(C(=O)N1C=CC(c3ccccc3)=C[C@H]1c1ccccc1)C(=O)OC2. The second-order valence-corrected chi connectivity index (χ2v) is 10.0. The first-order valence-corrected chi connectivity index (χ1v) is 11.3. The zero-order valence-corrected chi connectivity index (χ0v) is 18.9. The summed E-state index contributed by atoms with van der Waals surface area (Å²) in [5.41, 5.74) is 1.30. The van der Waals surface area contributed by atoms with Crippen LogP contribution < -0.4 is 0 Å². The quantitative estimate of drug-likeness (QED) is 0.477. The summed E-state index contributed by atoms with van der Waals surface area (Å²) in [4.78, 5) is 29.3. The molecule has 0 N–H and O–H groups in total. The maximum atomic E-state index is 14.3. The van der Waals surface area contributed by atoms with E-state index in [-0.39, 0.29) is 23.3 Å². The molecule has 2 fully saturated rings. The topological polar surface area (TPSA) is 46.6 Å². The van der Waals surface area contributed by atoms with Gasteiger partial charge in [-0.3, -0.25) is 9.59 Å². The number of nitrogens with zero attached hydrogens (tertiary/aromatic N) is 1. The molecule has 164 valence electrons. The highest BCUT2D eigenvalue weighted by atomic mass is 16.5. The van der Waals surface area contributed by atoms with Crippen molar-refractivity contribution in [2.45, 2.75) is 39.7 Å². The van der Waals surface area contributed by atoms with Gasteiger partial charge in [0.1, 0.15) is 0 Å². The lowest BCUT2D eigenvalue weighted by molar-refractivity contribution is -0.192. The van der Waals surface area contributed by atoms with E-state index >= 15 is 0 Å². The average molecular weight is 428 g/mol. The van der Waals surface area contributed by atoms with Gasteiger partial charge >= 0.3 is 5.97 Å². The van der Waals surface area contributed by atoms with Crippen molar-refractivity contribution in [3.05, 3.63) is 90.1 Å². The number of ether oxygens (including phenoxy) is 1. The van der Waals surface area contributed by atoms with Crippen molar-refractivity contribution in [2.75, 3.05) is 6.61 Å². The average Bonchev–Trinajstić information content (AvgIpc) is 2.93. The van der Waals surface area contributed by atoms with Gasteiger partial charge < -0.3 is 9.64 Å². The predicted molar refractivity (Wildman–Crippen MR) is 124 cm³/mol. The Labute approximate surface area is 189 Å². The van der Waals surface area contributed by atoms with Gasteiger partial charge in [-0.05, 0) is 47.1 Å². The molecule has 1 saturated carbocycles. The van der Waals surface area contributed by atoms with Gasteiger partial charge in [0.2, 0.25) is 5.91 Å². The third-order valence-electron chi connectivity index (χ3n) is 8.40. The molecule has 0 spiro atoms. The Morgan fingerprint density at radius 2 is 1.62 bits per heavy atom. The van der Waals surface area contributed by atoms with Crippen molar-refractivity contribution in [1.82, 2.24) is 4.90 Å². The molecular formula is C28H29NO3. The van der Waals surface area contributed by atoms with Crippen LogP contribution in [0.25, 0.3) is 5.57 Å². The molecule has 4 heteroatoms. The van der Waals surface area contributed by atoms with Crippen molar-refractivity contribution >= 4 is 17.4 Å². The molecule has 32 heavy (non-hydrogen) atoms. The summed E-state index contributed by atoms with van der Waals surface area (Å²) in [6.45, 7) is 6.65. The van der Waals surface area contributed by atoms with E-state index in [1.54, 1.807) is 4.90 Å². The van der Waals surface area contributed by atoms with Gasteiger partial charge in [-0.2, -0.15) is 0 Å². The van der Waals surface area contributed by atoms with Gasteiger partial charge in [0.25, 0.3) is 0 Å². The molecule has 2 aliphatic heterocycles. The molecule has 3 atom stereocenters.